The fraction of sp³-hybridized carbons (Fsp3) is 0.0882. The van der Waals surface area contributed by atoms with E-state index >= 15 is 0 Å². The molecule has 0 saturated heterocycles. The van der Waals surface area contributed by atoms with Gasteiger partial charge in [0.1, 0.15) is 11.6 Å². The van der Waals surface area contributed by atoms with E-state index in [1.807, 2.05) is 53.5 Å². The van der Waals surface area contributed by atoms with Gasteiger partial charge in [-0.2, -0.15) is 5.10 Å². The van der Waals surface area contributed by atoms with Crippen molar-refractivity contribution in [2.75, 3.05) is 0 Å². The second-order valence-corrected chi connectivity index (χ2v) is 10.0. The number of fused-ring (bicyclic) bond motifs is 3. The molecule has 0 radical (unpaired) electrons. The molecule has 7 aromatic rings. The zero-order valence-corrected chi connectivity index (χ0v) is 22.5. The highest BCUT2D eigenvalue weighted by atomic mass is 16.5. The number of nitrogens with zero attached hydrogens (tertiary/aromatic N) is 5. The van der Waals surface area contributed by atoms with Gasteiger partial charge in [-0.15, -0.1) is 0 Å². The molecule has 3 aromatic carbocycles. The van der Waals surface area contributed by atoms with Crippen LogP contribution < -0.4 is 4.74 Å². The van der Waals surface area contributed by atoms with Gasteiger partial charge in [-0.3, -0.25) is 4.57 Å². The lowest BCUT2D eigenvalue weighted by atomic mass is 9.96. The van der Waals surface area contributed by atoms with Crippen molar-refractivity contribution in [3.8, 4) is 34.4 Å². The molecule has 0 aliphatic rings. The van der Waals surface area contributed by atoms with Crippen LogP contribution in [0.4, 0.5) is 0 Å². The van der Waals surface area contributed by atoms with E-state index in [1.54, 1.807) is 6.20 Å². The summed E-state index contributed by atoms with van der Waals surface area (Å²) < 4.78 is 10.5. The monoisotopic (exact) mass is 521 g/mol. The first-order chi connectivity index (χ1) is 19.6. The van der Waals surface area contributed by atoms with E-state index in [2.05, 4.69) is 90.0 Å². The Kier molecular flexibility index (Phi) is 5.67. The lowest BCUT2D eigenvalue weighted by Crippen LogP contribution is -2.00. The summed E-state index contributed by atoms with van der Waals surface area (Å²) in [6.07, 6.45) is 5.51. The Morgan fingerprint density at radius 3 is 2.38 bits per heavy atom. The molecule has 6 nitrogen and oxygen atoms in total. The second kappa shape index (κ2) is 9.50. The van der Waals surface area contributed by atoms with Crippen LogP contribution in [-0.4, -0.2) is 24.3 Å². The molecule has 0 N–H and O–H groups in total. The molecule has 194 valence electrons. The standard InChI is InChI=1S/C34H27N5O/c1-22-12-14-27(24(3)23(22)2)30-19-25(38-18-8-17-36-38)20-34(37-30)40-26-13-15-29-28-9-4-5-10-31(28)39(32(29)21-26)33-11-6-7-16-35-33/h4-21H,1-3H3. The minimum absolute atomic E-state index is 0.500. The molecule has 0 spiro atoms. The van der Waals surface area contributed by atoms with Crippen molar-refractivity contribution in [3.63, 3.8) is 0 Å². The minimum Gasteiger partial charge on any atom is -0.439 e. The van der Waals surface area contributed by atoms with Crippen molar-refractivity contribution < 1.29 is 4.74 Å². The molecular formula is C34H27N5O. The van der Waals surface area contributed by atoms with Gasteiger partial charge < -0.3 is 4.74 Å². The SMILES string of the molecule is Cc1ccc(-c2cc(-n3cccn3)cc(Oc3ccc4c5ccccc5n(-c5ccccn5)c4c3)n2)c(C)c1C. The van der Waals surface area contributed by atoms with Gasteiger partial charge in [0.25, 0.3) is 0 Å². The van der Waals surface area contributed by atoms with Crippen molar-refractivity contribution in [2.24, 2.45) is 0 Å². The van der Waals surface area contributed by atoms with Gasteiger partial charge >= 0.3 is 0 Å². The van der Waals surface area contributed by atoms with Gasteiger partial charge in [0.15, 0.2) is 0 Å². The first-order valence-corrected chi connectivity index (χ1v) is 13.3. The van der Waals surface area contributed by atoms with Crippen LogP contribution in [-0.2, 0) is 0 Å². The van der Waals surface area contributed by atoms with Crippen LogP contribution in [0.1, 0.15) is 16.7 Å². The smallest absolute Gasteiger partial charge is 0.221 e. The lowest BCUT2D eigenvalue weighted by molar-refractivity contribution is 0.463. The molecule has 0 unspecified atom stereocenters. The number of aromatic nitrogens is 5. The van der Waals surface area contributed by atoms with Crippen molar-refractivity contribution in [1.82, 2.24) is 24.3 Å². The summed E-state index contributed by atoms with van der Waals surface area (Å²) in [6, 6.07) is 30.7. The van der Waals surface area contributed by atoms with Crippen LogP contribution >= 0.6 is 0 Å². The number of rotatable bonds is 5. The van der Waals surface area contributed by atoms with Crippen LogP contribution in [0, 0.1) is 20.8 Å². The molecule has 4 heterocycles. The van der Waals surface area contributed by atoms with Gasteiger partial charge in [-0.25, -0.2) is 14.6 Å². The maximum Gasteiger partial charge on any atom is 0.221 e. The predicted molar refractivity (Wildman–Crippen MR) is 160 cm³/mol. The highest BCUT2D eigenvalue weighted by Crippen LogP contribution is 2.36. The summed E-state index contributed by atoms with van der Waals surface area (Å²) in [6.45, 7) is 6.43. The minimum atomic E-state index is 0.500. The Hall–Kier alpha value is -5.23. The van der Waals surface area contributed by atoms with Crippen molar-refractivity contribution in [3.05, 3.63) is 126 Å². The Bertz CT molecular complexity index is 2010. The van der Waals surface area contributed by atoms with Gasteiger partial charge in [0, 0.05) is 47.1 Å². The maximum absolute atomic E-state index is 6.48. The van der Waals surface area contributed by atoms with E-state index in [0.29, 0.717) is 11.6 Å². The molecule has 0 saturated carbocycles. The summed E-state index contributed by atoms with van der Waals surface area (Å²) in [4.78, 5) is 9.60. The quantitative estimate of drug-likeness (QED) is 0.229. The van der Waals surface area contributed by atoms with Crippen LogP contribution in [0.15, 0.2) is 110 Å². The molecule has 0 bridgehead atoms. The van der Waals surface area contributed by atoms with E-state index < -0.39 is 0 Å². The van der Waals surface area contributed by atoms with E-state index in [4.69, 9.17) is 9.72 Å². The number of para-hydroxylation sites is 1. The molecule has 0 aliphatic carbocycles. The van der Waals surface area contributed by atoms with Gasteiger partial charge in [0.2, 0.25) is 5.88 Å². The molecule has 0 amide bonds. The lowest BCUT2D eigenvalue weighted by Gasteiger charge is -2.14. The summed E-state index contributed by atoms with van der Waals surface area (Å²) in [5, 5.41) is 6.76. The van der Waals surface area contributed by atoms with Crippen LogP contribution in [0.25, 0.3) is 44.6 Å². The summed E-state index contributed by atoms with van der Waals surface area (Å²) >= 11 is 0. The van der Waals surface area contributed by atoms with Gasteiger partial charge in [-0.05, 0) is 79.9 Å². The van der Waals surface area contributed by atoms with Crippen molar-refractivity contribution >= 4 is 21.8 Å². The number of hydrogen-bond acceptors (Lipinski definition) is 4. The Morgan fingerprint density at radius 2 is 1.55 bits per heavy atom. The molecule has 0 fully saturated rings. The third-order valence-electron chi connectivity index (χ3n) is 7.64. The number of benzene rings is 3. The number of hydrogen-bond donors (Lipinski definition) is 0. The third kappa shape index (κ3) is 4.01. The van der Waals surface area contributed by atoms with Crippen LogP contribution in [0.3, 0.4) is 0 Å². The molecular weight excluding hydrogens is 494 g/mol. The zero-order valence-electron chi connectivity index (χ0n) is 22.5. The largest absolute Gasteiger partial charge is 0.439 e. The fourth-order valence-corrected chi connectivity index (χ4v) is 5.34. The average Bonchev–Trinajstić information content (AvgIpc) is 3.63. The number of ether oxygens (including phenoxy) is 1. The van der Waals surface area contributed by atoms with Crippen molar-refractivity contribution in [2.45, 2.75) is 20.8 Å². The first kappa shape index (κ1) is 23.9. The average molecular weight is 522 g/mol. The fourth-order valence-electron chi connectivity index (χ4n) is 5.34. The Morgan fingerprint density at radius 1 is 0.700 bits per heavy atom. The topological polar surface area (TPSA) is 57.8 Å². The molecule has 0 atom stereocenters. The Balaban J connectivity index is 1.38. The maximum atomic E-state index is 6.48. The Labute approximate surface area is 232 Å². The molecule has 7 rings (SSSR count). The van der Waals surface area contributed by atoms with Gasteiger partial charge in [-0.1, -0.05) is 36.4 Å². The number of pyridine rings is 2. The normalized spacial score (nSPS) is 11.4. The highest BCUT2D eigenvalue weighted by molar-refractivity contribution is 6.09. The number of aryl methyl sites for hydroxylation is 1. The highest BCUT2D eigenvalue weighted by Gasteiger charge is 2.16. The molecule has 6 heteroatoms. The zero-order chi connectivity index (χ0) is 27.2. The first-order valence-electron chi connectivity index (χ1n) is 13.3. The van der Waals surface area contributed by atoms with E-state index in [1.165, 1.54) is 22.1 Å². The molecule has 4 aromatic heterocycles. The molecule has 0 aliphatic heterocycles. The summed E-state index contributed by atoms with van der Waals surface area (Å²) in [5.74, 6) is 2.05. The predicted octanol–water partition coefficient (Wildman–Crippen LogP) is 8.14. The third-order valence-corrected chi connectivity index (χ3v) is 7.64. The van der Waals surface area contributed by atoms with E-state index in [9.17, 15) is 0 Å². The summed E-state index contributed by atoms with van der Waals surface area (Å²) in [5.41, 5.74) is 8.64. The second-order valence-electron chi connectivity index (χ2n) is 10.0. The van der Waals surface area contributed by atoms with E-state index in [-0.39, 0.29) is 0 Å². The van der Waals surface area contributed by atoms with Gasteiger partial charge in [0.05, 0.1) is 22.4 Å². The van der Waals surface area contributed by atoms with E-state index in [0.717, 1.165) is 39.2 Å². The summed E-state index contributed by atoms with van der Waals surface area (Å²) in [7, 11) is 0. The molecule has 40 heavy (non-hydrogen) atoms. The van der Waals surface area contributed by atoms with Crippen molar-refractivity contribution in [1.29, 1.82) is 0 Å². The van der Waals surface area contributed by atoms with Crippen LogP contribution in [0.5, 0.6) is 11.6 Å². The van der Waals surface area contributed by atoms with Crippen LogP contribution in [0.2, 0.25) is 0 Å².